The Morgan fingerprint density at radius 2 is 2.27 bits per heavy atom. The van der Waals surface area contributed by atoms with Crippen LogP contribution < -0.4 is 0 Å². The van der Waals surface area contributed by atoms with Crippen LogP contribution >= 0.6 is 11.6 Å². The van der Waals surface area contributed by atoms with Gasteiger partial charge in [-0.25, -0.2) is 0 Å². The lowest BCUT2D eigenvalue weighted by molar-refractivity contribution is -0.141. The molecule has 0 aliphatic carbocycles. The second kappa shape index (κ2) is 5.51. The fraction of sp³-hybridized carbons (Fsp3) is 0.273. The Labute approximate surface area is 93.5 Å². The third kappa shape index (κ3) is 3.72. The topological polar surface area (TPSA) is 50.2 Å². The van der Waals surface area contributed by atoms with Crippen LogP contribution in [0.3, 0.4) is 0 Å². The summed E-state index contributed by atoms with van der Waals surface area (Å²) in [4.78, 5) is 11.1. The van der Waals surface area contributed by atoms with Crippen LogP contribution in [0.15, 0.2) is 24.3 Å². The molecule has 0 radical (unpaired) electrons. The molecular weight excluding hydrogens is 214 g/mol. The largest absolute Gasteiger partial charge is 0.466 e. The van der Waals surface area contributed by atoms with Gasteiger partial charge in [0, 0.05) is 10.7 Å². The average Bonchev–Trinajstić information content (AvgIpc) is 2.18. The van der Waals surface area contributed by atoms with Gasteiger partial charge in [-0.05, 0) is 24.6 Å². The van der Waals surface area contributed by atoms with Crippen LogP contribution in [0, 0.1) is 5.41 Å². The van der Waals surface area contributed by atoms with Gasteiger partial charge in [0.15, 0.2) is 0 Å². The van der Waals surface area contributed by atoms with Gasteiger partial charge in [0.1, 0.15) is 0 Å². The van der Waals surface area contributed by atoms with Crippen molar-refractivity contribution < 1.29 is 9.53 Å². The smallest absolute Gasteiger partial charge is 0.311 e. The normalized spacial score (nSPS) is 9.73. The first-order valence-corrected chi connectivity index (χ1v) is 5.00. The monoisotopic (exact) mass is 225 g/mol. The van der Waals surface area contributed by atoms with E-state index in [1.165, 1.54) is 0 Å². The van der Waals surface area contributed by atoms with E-state index in [-0.39, 0.29) is 18.1 Å². The standard InChI is InChI=1S/C11H12ClNO2/c1-2-15-11(14)7-10(13)8-4-3-5-9(12)6-8/h3-6,13H,2,7H2,1H3. The van der Waals surface area contributed by atoms with E-state index in [0.717, 1.165) is 0 Å². The second-order valence-corrected chi connectivity index (χ2v) is 3.41. The van der Waals surface area contributed by atoms with Gasteiger partial charge in [-0.15, -0.1) is 0 Å². The highest BCUT2D eigenvalue weighted by Gasteiger charge is 2.08. The van der Waals surface area contributed by atoms with Crippen molar-refractivity contribution in [1.29, 1.82) is 5.41 Å². The van der Waals surface area contributed by atoms with Crippen LogP contribution in [0.2, 0.25) is 5.02 Å². The molecule has 80 valence electrons. The third-order valence-corrected chi connectivity index (χ3v) is 2.03. The molecule has 1 aromatic carbocycles. The second-order valence-electron chi connectivity index (χ2n) is 2.97. The zero-order chi connectivity index (χ0) is 11.3. The number of nitrogens with one attached hydrogen (secondary N) is 1. The van der Waals surface area contributed by atoms with E-state index in [1.807, 2.05) is 0 Å². The molecule has 0 aromatic heterocycles. The van der Waals surface area contributed by atoms with Crippen molar-refractivity contribution >= 4 is 23.3 Å². The lowest BCUT2D eigenvalue weighted by Crippen LogP contribution is -2.11. The lowest BCUT2D eigenvalue weighted by atomic mass is 10.1. The highest BCUT2D eigenvalue weighted by Crippen LogP contribution is 2.12. The van der Waals surface area contributed by atoms with E-state index in [9.17, 15) is 4.79 Å². The van der Waals surface area contributed by atoms with Gasteiger partial charge < -0.3 is 10.1 Å². The Hall–Kier alpha value is -1.35. The van der Waals surface area contributed by atoms with Crippen LogP contribution in [-0.2, 0) is 9.53 Å². The summed E-state index contributed by atoms with van der Waals surface area (Å²) in [6, 6.07) is 6.87. The van der Waals surface area contributed by atoms with Crippen LogP contribution in [0.1, 0.15) is 18.9 Å². The zero-order valence-corrected chi connectivity index (χ0v) is 9.17. The fourth-order valence-electron chi connectivity index (χ4n) is 1.13. The molecule has 0 bridgehead atoms. The van der Waals surface area contributed by atoms with E-state index in [4.69, 9.17) is 21.7 Å². The van der Waals surface area contributed by atoms with E-state index >= 15 is 0 Å². The Bertz CT molecular complexity index is 377. The molecule has 0 amide bonds. The van der Waals surface area contributed by atoms with Crippen LogP contribution in [0.4, 0.5) is 0 Å². The highest BCUT2D eigenvalue weighted by atomic mass is 35.5. The summed E-state index contributed by atoms with van der Waals surface area (Å²) >= 11 is 5.77. The van der Waals surface area contributed by atoms with E-state index in [2.05, 4.69) is 0 Å². The molecule has 1 aromatic rings. The van der Waals surface area contributed by atoms with Gasteiger partial charge in [-0.3, -0.25) is 4.79 Å². The maximum atomic E-state index is 11.1. The first-order valence-electron chi connectivity index (χ1n) is 4.62. The number of hydrogen-bond donors (Lipinski definition) is 1. The zero-order valence-electron chi connectivity index (χ0n) is 8.42. The summed E-state index contributed by atoms with van der Waals surface area (Å²) in [5, 5.41) is 8.23. The maximum absolute atomic E-state index is 11.1. The minimum absolute atomic E-state index is 0.0197. The summed E-state index contributed by atoms with van der Waals surface area (Å²) in [6.07, 6.45) is -0.0197. The predicted octanol–water partition coefficient (Wildman–Crippen LogP) is 2.66. The third-order valence-electron chi connectivity index (χ3n) is 1.80. The number of carbonyl (C=O) groups excluding carboxylic acids is 1. The SMILES string of the molecule is CCOC(=O)CC(=N)c1cccc(Cl)c1. The van der Waals surface area contributed by atoms with Gasteiger partial charge in [0.25, 0.3) is 0 Å². The van der Waals surface area contributed by atoms with Crippen molar-refractivity contribution in [2.75, 3.05) is 6.61 Å². The van der Waals surface area contributed by atoms with Gasteiger partial charge in [-0.1, -0.05) is 23.7 Å². The minimum atomic E-state index is -0.387. The van der Waals surface area contributed by atoms with Crippen LogP contribution in [0.25, 0.3) is 0 Å². The van der Waals surface area contributed by atoms with Crippen LogP contribution in [-0.4, -0.2) is 18.3 Å². The Balaban J connectivity index is 2.65. The number of carbonyl (C=O) groups is 1. The summed E-state index contributed by atoms with van der Waals surface area (Å²) < 4.78 is 4.75. The van der Waals surface area contributed by atoms with E-state index in [0.29, 0.717) is 17.2 Å². The summed E-state index contributed by atoms with van der Waals surface area (Å²) in [5.74, 6) is -0.387. The molecule has 1 N–H and O–H groups in total. The van der Waals surface area contributed by atoms with Crippen molar-refractivity contribution in [3.8, 4) is 0 Å². The summed E-state index contributed by atoms with van der Waals surface area (Å²) in [7, 11) is 0. The first kappa shape index (κ1) is 11.7. The molecule has 0 saturated heterocycles. The highest BCUT2D eigenvalue weighted by molar-refractivity contribution is 6.31. The Morgan fingerprint density at radius 1 is 1.53 bits per heavy atom. The number of esters is 1. The van der Waals surface area contributed by atoms with Gasteiger partial charge >= 0.3 is 5.97 Å². The quantitative estimate of drug-likeness (QED) is 0.633. The molecular formula is C11H12ClNO2. The Morgan fingerprint density at radius 3 is 2.87 bits per heavy atom. The molecule has 0 atom stereocenters. The molecule has 0 unspecified atom stereocenters. The predicted molar refractivity (Wildman–Crippen MR) is 59.5 cm³/mol. The maximum Gasteiger partial charge on any atom is 0.311 e. The molecule has 0 saturated carbocycles. The van der Waals surface area contributed by atoms with Gasteiger partial charge in [0.05, 0.1) is 13.0 Å². The molecule has 0 fully saturated rings. The number of ether oxygens (including phenoxy) is 1. The lowest BCUT2D eigenvalue weighted by Gasteiger charge is -2.04. The van der Waals surface area contributed by atoms with Crippen molar-refractivity contribution in [2.45, 2.75) is 13.3 Å². The molecule has 0 aliphatic rings. The molecule has 15 heavy (non-hydrogen) atoms. The van der Waals surface area contributed by atoms with Crippen molar-refractivity contribution in [1.82, 2.24) is 0 Å². The van der Waals surface area contributed by atoms with Gasteiger partial charge in [0.2, 0.25) is 0 Å². The molecule has 0 aliphatic heterocycles. The molecule has 1 rings (SSSR count). The average molecular weight is 226 g/mol. The summed E-state index contributed by atoms with van der Waals surface area (Å²) in [5.41, 5.74) is 0.867. The number of hydrogen-bond acceptors (Lipinski definition) is 3. The number of benzene rings is 1. The van der Waals surface area contributed by atoms with Crippen molar-refractivity contribution in [3.63, 3.8) is 0 Å². The van der Waals surface area contributed by atoms with E-state index in [1.54, 1.807) is 31.2 Å². The number of rotatable bonds is 4. The fourth-order valence-corrected chi connectivity index (χ4v) is 1.32. The van der Waals surface area contributed by atoms with Gasteiger partial charge in [-0.2, -0.15) is 0 Å². The molecule has 3 nitrogen and oxygen atoms in total. The first-order chi connectivity index (χ1) is 7.13. The molecule has 4 heteroatoms. The Kier molecular flexibility index (Phi) is 4.31. The molecule has 0 spiro atoms. The van der Waals surface area contributed by atoms with Crippen molar-refractivity contribution in [2.24, 2.45) is 0 Å². The molecule has 0 heterocycles. The minimum Gasteiger partial charge on any atom is -0.466 e. The van der Waals surface area contributed by atoms with Crippen molar-refractivity contribution in [3.05, 3.63) is 34.9 Å². The van der Waals surface area contributed by atoms with E-state index < -0.39 is 0 Å². The summed E-state index contributed by atoms with van der Waals surface area (Å²) in [6.45, 7) is 2.07. The van der Waals surface area contributed by atoms with Crippen LogP contribution in [0.5, 0.6) is 0 Å². The number of halogens is 1.